The number of aliphatic hydroxyl groups excluding tert-OH is 10. The molecular formula is C22H41FeN2NaO22. The van der Waals surface area contributed by atoms with Gasteiger partial charge in [0.1, 0.15) is 36.6 Å². The first-order chi connectivity index (χ1) is 21.0. The summed E-state index contributed by atoms with van der Waals surface area (Å²) < 4.78 is 0. The van der Waals surface area contributed by atoms with Crippen LogP contribution in [0.5, 0.6) is 0 Å². The first kappa shape index (κ1) is 55.3. The Morgan fingerprint density at radius 1 is 0.438 bits per heavy atom. The van der Waals surface area contributed by atoms with E-state index in [1.165, 1.54) is 0 Å². The number of hydrogen-bond acceptors (Lipinski definition) is 18. The summed E-state index contributed by atoms with van der Waals surface area (Å²) in [7, 11) is 0. The molecule has 0 aliphatic rings. The van der Waals surface area contributed by atoms with Crippen LogP contribution in [-0.2, 0) is 45.8 Å². The Morgan fingerprint density at radius 2 is 0.646 bits per heavy atom. The molecule has 0 radical (unpaired) electrons. The van der Waals surface area contributed by atoms with Crippen molar-refractivity contribution in [1.29, 1.82) is 0 Å². The zero-order valence-electron chi connectivity index (χ0n) is 24.1. The van der Waals surface area contributed by atoms with Crippen molar-refractivity contribution in [3.05, 3.63) is 0 Å². The number of carboxylic acids is 6. The van der Waals surface area contributed by atoms with E-state index in [1.54, 1.807) is 0 Å². The van der Waals surface area contributed by atoms with Crippen molar-refractivity contribution in [1.82, 2.24) is 9.80 Å². The molecule has 0 saturated carbocycles. The predicted octanol–water partition coefficient (Wildman–Crippen LogP) is -9.71. The van der Waals surface area contributed by atoms with Crippen LogP contribution in [-0.4, -0.2) is 258 Å². The van der Waals surface area contributed by atoms with Crippen LogP contribution in [0.15, 0.2) is 0 Å². The number of aliphatic carboxylic acids is 6. The van der Waals surface area contributed by atoms with Crippen LogP contribution in [0.1, 0.15) is 0 Å². The second kappa shape index (κ2) is 29.7. The Labute approximate surface area is 303 Å². The Hall–Kier alpha value is -2.14. The van der Waals surface area contributed by atoms with Gasteiger partial charge in [0.15, 0.2) is 12.2 Å². The standard InChI is InChI=1S/C10H16N2O8.2C6H12O7.Fe.Na.H/c13-7(14)3-11(4-8(15)16)1-2-12(5-9(17)18)6-10(19)20;2*7-1-2(8)3(9)4(10)5(11)6(12)13;;;/h1-6H2,(H,13,14)(H,15,16)(H,17,18)(H,19,20);2*2-5,7-11H,1H2,(H,12,13);;;/t;2*2-,3-,4+,5-;;;/m.11.../s1. The molecule has 0 heterocycles. The van der Waals surface area contributed by atoms with Crippen LogP contribution in [0.4, 0.5) is 0 Å². The van der Waals surface area contributed by atoms with E-state index < -0.39 is 124 Å². The third-order valence-corrected chi connectivity index (χ3v) is 5.18. The molecule has 0 saturated heterocycles. The molecule has 26 heteroatoms. The normalized spacial score (nSPS) is 15.5. The summed E-state index contributed by atoms with van der Waals surface area (Å²) in [5, 5.41) is 138. The van der Waals surface area contributed by atoms with Gasteiger partial charge in [-0.1, -0.05) is 0 Å². The summed E-state index contributed by atoms with van der Waals surface area (Å²) in [5.74, 6) is -8.36. The number of hydrogen-bond donors (Lipinski definition) is 16. The Morgan fingerprint density at radius 3 is 0.792 bits per heavy atom. The van der Waals surface area contributed by atoms with Crippen molar-refractivity contribution < 1.29 is 128 Å². The van der Waals surface area contributed by atoms with Crippen LogP contribution in [0.2, 0.25) is 0 Å². The third kappa shape index (κ3) is 26.8. The van der Waals surface area contributed by atoms with Gasteiger partial charge in [-0.15, -0.1) is 0 Å². The van der Waals surface area contributed by atoms with E-state index in [9.17, 15) is 28.8 Å². The molecule has 0 aromatic carbocycles. The minimum atomic E-state index is -2.20. The van der Waals surface area contributed by atoms with E-state index in [2.05, 4.69) is 0 Å². The number of rotatable bonds is 21. The van der Waals surface area contributed by atoms with Gasteiger partial charge in [0, 0.05) is 30.2 Å². The molecule has 0 aromatic rings. The Kier molecular flexibility index (Phi) is 34.3. The zero-order valence-corrected chi connectivity index (χ0v) is 25.2. The van der Waals surface area contributed by atoms with Gasteiger partial charge in [-0.2, -0.15) is 0 Å². The summed E-state index contributed by atoms with van der Waals surface area (Å²) in [6.07, 6.45) is -15.7. The first-order valence-electron chi connectivity index (χ1n) is 12.5. The maximum atomic E-state index is 10.6. The molecule has 16 N–H and O–H groups in total. The summed E-state index contributed by atoms with van der Waals surface area (Å²) in [5.41, 5.74) is 0. The fourth-order valence-electron chi connectivity index (χ4n) is 2.81. The van der Waals surface area contributed by atoms with Gasteiger partial charge in [-0.3, -0.25) is 29.0 Å². The number of aliphatic hydroxyl groups is 10. The molecule has 24 nitrogen and oxygen atoms in total. The quantitative estimate of drug-likeness (QED) is 0.0482. The van der Waals surface area contributed by atoms with Crippen LogP contribution < -0.4 is 0 Å². The number of nitrogens with zero attached hydrogens (tertiary/aromatic N) is 2. The first-order valence-corrected chi connectivity index (χ1v) is 12.5. The molecule has 0 aliphatic heterocycles. The topological polar surface area (TPSA) is 433 Å². The van der Waals surface area contributed by atoms with Crippen molar-refractivity contribution >= 4 is 65.4 Å². The molecule has 0 spiro atoms. The van der Waals surface area contributed by atoms with Crippen LogP contribution in [0, 0.1) is 0 Å². The van der Waals surface area contributed by atoms with Crippen molar-refractivity contribution in [2.24, 2.45) is 0 Å². The zero-order chi connectivity index (χ0) is 36.9. The summed E-state index contributed by atoms with van der Waals surface area (Å²) in [6.45, 7) is -3.94. The minimum absolute atomic E-state index is 0. The van der Waals surface area contributed by atoms with E-state index in [4.69, 9.17) is 81.7 Å². The molecule has 0 aliphatic carbocycles. The molecule has 0 unspecified atom stereocenters. The fraction of sp³-hybridized carbons (Fsp3) is 0.727. The van der Waals surface area contributed by atoms with Crippen LogP contribution >= 0.6 is 0 Å². The van der Waals surface area contributed by atoms with Crippen LogP contribution in [0.3, 0.4) is 0 Å². The van der Waals surface area contributed by atoms with Gasteiger partial charge >= 0.3 is 65.4 Å². The van der Waals surface area contributed by atoms with Gasteiger partial charge in [0.25, 0.3) is 0 Å². The van der Waals surface area contributed by atoms with Crippen molar-refractivity contribution in [2.45, 2.75) is 48.8 Å². The van der Waals surface area contributed by atoms with Crippen LogP contribution in [0.25, 0.3) is 0 Å². The molecule has 0 amide bonds. The van der Waals surface area contributed by atoms with Crippen molar-refractivity contribution in [3.63, 3.8) is 0 Å². The van der Waals surface area contributed by atoms with Gasteiger partial charge in [-0.05, 0) is 0 Å². The number of carboxylic acid groups (broad SMARTS) is 6. The molecule has 0 rings (SSSR count). The van der Waals surface area contributed by atoms with Gasteiger partial charge in [-0.25, -0.2) is 9.59 Å². The van der Waals surface area contributed by atoms with Crippen molar-refractivity contribution in [3.8, 4) is 0 Å². The molecule has 0 fully saturated rings. The fourth-order valence-corrected chi connectivity index (χ4v) is 2.81. The van der Waals surface area contributed by atoms with Gasteiger partial charge < -0.3 is 81.7 Å². The maximum absolute atomic E-state index is 10.6. The van der Waals surface area contributed by atoms with E-state index in [-0.39, 0.29) is 59.7 Å². The summed E-state index contributed by atoms with van der Waals surface area (Å²) in [4.78, 5) is 64.5. The van der Waals surface area contributed by atoms with Gasteiger partial charge in [0.2, 0.25) is 0 Å². The molecule has 0 bridgehead atoms. The Balaban J connectivity index is -0.000000196. The van der Waals surface area contributed by atoms with E-state index >= 15 is 0 Å². The predicted molar refractivity (Wildman–Crippen MR) is 148 cm³/mol. The second-order valence-electron chi connectivity index (χ2n) is 9.02. The molecule has 8 atom stereocenters. The third-order valence-electron chi connectivity index (χ3n) is 5.18. The van der Waals surface area contributed by atoms with E-state index in [0.29, 0.717) is 0 Å². The summed E-state index contributed by atoms with van der Waals surface area (Å²) >= 11 is 0. The average molecular weight is 764 g/mol. The Bertz CT molecular complexity index is 859. The van der Waals surface area contributed by atoms with E-state index in [1.807, 2.05) is 0 Å². The van der Waals surface area contributed by atoms with E-state index in [0.717, 1.165) is 9.80 Å². The van der Waals surface area contributed by atoms with Crippen molar-refractivity contribution in [2.75, 3.05) is 52.5 Å². The monoisotopic (exact) mass is 764 g/mol. The molecule has 48 heavy (non-hydrogen) atoms. The summed E-state index contributed by atoms with van der Waals surface area (Å²) in [6, 6.07) is 0. The molecular weight excluding hydrogens is 723 g/mol. The SMILES string of the molecule is O=C(O)CN(CCN(CC(=O)O)CC(=O)O)CC(=O)O.O=C(O)[C@H](O)[C@@H](O)[C@H](O)[C@H](O)CO.O=C(O)[C@H](O)[C@@H](O)[C@H](O)[C@H](O)CO.[Fe].[NaH]. The average Bonchev–Trinajstić information content (AvgIpc) is 2.95. The molecule has 280 valence electrons. The second-order valence-corrected chi connectivity index (χ2v) is 9.02. The number of carbonyl (C=O) groups is 6. The molecule has 0 aromatic heterocycles. The van der Waals surface area contributed by atoms with Gasteiger partial charge in [0.05, 0.1) is 39.4 Å².